The van der Waals surface area contributed by atoms with Crippen LogP contribution >= 0.6 is 0 Å². The van der Waals surface area contributed by atoms with Crippen LogP contribution in [0.3, 0.4) is 0 Å². The Balaban J connectivity index is 1.42. The number of hydrogen-bond acceptors (Lipinski definition) is 5. The van der Waals surface area contributed by atoms with Crippen LogP contribution in [-0.4, -0.2) is 58.6 Å². The number of carbonyl (C=O) groups is 1. The van der Waals surface area contributed by atoms with Gasteiger partial charge in [-0.3, -0.25) is 9.69 Å². The van der Waals surface area contributed by atoms with Gasteiger partial charge in [0.05, 0.1) is 6.42 Å². The first-order valence-electron chi connectivity index (χ1n) is 8.04. The second kappa shape index (κ2) is 7.37. The highest BCUT2D eigenvalue weighted by Gasteiger charge is 2.21. The van der Waals surface area contributed by atoms with Gasteiger partial charge in [0.1, 0.15) is 0 Å². The molecule has 0 aliphatic carbocycles. The fourth-order valence-corrected chi connectivity index (χ4v) is 2.80. The SMILES string of the molecule is Cc1nnc(CCN2CCN(C(=O)Cc3ccccc3)CC2)o1. The Morgan fingerprint density at radius 2 is 1.87 bits per heavy atom. The lowest BCUT2D eigenvalue weighted by Crippen LogP contribution is -2.49. The van der Waals surface area contributed by atoms with E-state index in [1.54, 1.807) is 6.92 Å². The molecule has 0 bridgehead atoms. The van der Waals surface area contributed by atoms with E-state index in [0.29, 0.717) is 18.2 Å². The lowest BCUT2D eigenvalue weighted by Gasteiger charge is -2.34. The molecule has 3 rings (SSSR count). The second-order valence-electron chi connectivity index (χ2n) is 5.85. The maximum absolute atomic E-state index is 12.3. The van der Waals surface area contributed by atoms with Gasteiger partial charge in [-0.05, 0) is 5.56 Å². The largest absolute Gasteiger partial charge is 0.426 e. The number of piperazine rings is 1. The summed E-state index contributed by atoms with van der Waals surface area (Å²) in [6.45, 7) is 6.06. The molecule has 6 nitrogen and oxygen atoms in total. The fraction of sp³-hybridized carbons (Fsp3) is 0.471. The summed E-state index contributed by atoms with van der Waals surface area (Å²) in [6, 6.07) is 9.91. The molecule has 1 aliphatic rings. The van der Waals surface area contributed by atoms with Gasteiger partial charge in [-0.15, -0.1) is 10.2 Å². The third kappa shape index (κ3) is 4.39. The molecule has 1 aromatic heterocycles. The molecule has 6 heteroatoms. The van der Waals surface area contributed by atoms with Crippen molar-refractivity contribution in [3.63, 3.8) is 0 Å². The molecular weight excluding hydrogens is 292 g/mol. The van der Waals surface area contributed by atoms with Gasteiger partial charge >= 0.3 is 0 Å². The molecule has 1 amide bonds. The van der Waals surface area contributed by atoms with Gasteiger partial charge in [0.2, 0.25) is 17.7 Å². The van der Waals surface area contributed by atoms with Gasteiger partial charge in [-0.25, -0.2) is 0 Å². The third-order valence-electron chi connectivity index (χ3n) is 4.13. The van der Waals surface area contributed by atoms with Crippen LogP contribution in [0.25, 0.3) is 0 Å². The number of hydrogen-bond donors (Lipinski definition) is 0. The van der Waals surface area contributed by atoms with Crippen molar-refractivity contribution >= 4 is 5.91 Å². The summed E-state index contributed by atoms with van der Waals surface area (Å²) in [5.74, 6) is 1.50. The highest BCUT2D eigenvalue weighted by molar-refractivity contribution is 5.78. The summed E-state index contributed by atoms with van der Waals surface area (Å²) in [5, 5.41) is 7.85. The standard InChI is InChI=1S/C17H22N4O2/c1-14-18-19-16(23-14)7-8-20-9-11-21(12-10-20)17(22)13-15-5-3-2-4-6-15/h2-6H,7-13H2,1H3. The summed E-state index contributed by atoms with van der Waals surface area (Å²) in [5.41, 5.74) is 1.08. The zero-order chi connectivity index (χ0) is 16.1. The Morgan fingerprint density at radius 1 is 1.13 bits per heavy atom. The van der Waals surface area contributed by atoms with Crippen LogP contribution in [0, 0.1) is 6.92 Å². The first-order chi connectivity index (χ1) is 11.2. The van der Waals surface area contributed by atoms with Crippen molar-refractivity contribution in [3.05, 3.63) is 47.7 Å². The van der Waals surface area contributed by atoms with E-state index in [1.165, 1.54) is 0 Å². The number of benzene rings is 1. The van der Waals surface area contributed by atoms with Crippen molar-refractivity contribution in [3.8, 4) is 0 Å². The van der Waals surface area contributed by atoms with E-state index in [1.807, 2.05) is 35.2 Å². The van der Waals surface area contributed by atoms with E-state index >= 15 is 0 Å². The number of amides is 1. The summed E-state index contributed by atoms with van der Waals surface area (Å²) in [4.78, 5) is 16.6. The minimum Gasteiger partial charge on any atom is -0.426 e. The van der Waals surface area contributed by atoms with E-state index in [0.717, 1.165) is 44.7 Å². The zero-order valence-corrected chi connectivity index (χ0v) is 13.4. The van der Waals surface area contributed by atoms with E-state index < -0.39 is 0 Å². The Hall–Kier alpha value is -2.21. The molecule has 0 saturated carbocycles. The fourth-order valence-electron chi connectivity index (χ4n) is 2.80. The minimum atomic E-state index is 0.211. The molecule has 122 valence electrons. The number of aryl methyl sites for hydroxylation is 1. The number of nitrogens with zero attached hydrogens (tertiary/aromatic N) is 4. The quantitative estimate of drug-likeness (QED) is 0.832. The Kier molecular flexibility index (Phi) is 5.02. The Labute approximate surface area is 136 Å². The molecule has 1 aromatic carbocycles. The highest BCUT2D eigenvalue weighted by atomic mass is 16.4. The number of rotatable bonds is 5. The van der Waals surface area contributed by atoms with Crippen molar-refractivity contribution in [2.75, 3.05) is 32.7 Å². The van der Waals surface area contributed by atoms with Gasteiger partial charge in [-0.1, -0.05) is 30.3 Å². The second-order valence-corrected chi connectivity index (χ2v) is 5.85. The summed E-state index contributed by atoms with van der Waals surface area (Å²) >= 11 is 0. The van der Waals surface area contributed by atoms with E-state index in [4.69, 9.17) is 4.42 Å². The van der Waals surface area contributed by atoms with E-state index in [9.17, 15) is 4.79 Å². The topological polar surface area (TPSA) is 62.5 Å². The van der Waals surface area contributed by atoms with Crippen LogP contribution < -0.4 is 0 Å². The molecule has 1 saturated heterocycles. The van der Waals surface area contributed by atoms with Crippen LogP contribution in [-0.2, 0) is 17.6 Å². The first kappa shape index (κ1) is 15.7. The molecule has 0 atom stereocenters. The van der Waals surface area contributed by atoms with E-state index in [2.05, 4.69) is 15.1 Å². The van der Waals surface area contributed by atoms with Crippen molar-refractivity contribution in [1.82, 2.24) is 20.0 Å². The minimum absolute atomic E-state index is 0.211. The van der Waals surface area contributed by atoms with Gasteiger partial charge < -0.3 is 9.32 Å². The lowest BCUT2D eigenvalue weighted by molar-refractivity contribution is -0.132. The van der Waals surface area contributed by atoms with Crippen LogP contribution in [0.15, 0.2) is 34.7 Å². The average Bonchev–Trinajstić information content (AvgIpc) is 3.00. The van der Waals surface area contributed by atoms with Gasteiger partial charge in [0.15, 0.2) is 0 Å². The predicted octanol–water partition coefficient (Wildman–Crippen LogP) is 1.31. The number of aromatic nitrogens is 2. The molecule has 0 N–H and O–H groups in total. The summed E-state index contributed by atoms with van der Waals surface area (Å²) in [6.07, 6.45) is 1.25. The molecular formula is C17H22N4O2. The molecule has 23 heavy (non-hydrogen) atoms. The third-order valence-corrected chi connectivity index (χ3v) is 4.13. The zero-order valence-electron chi connectivity index (χ0n) is 13.4. The van der Waals surface area contributed by atoms with Crippen LogP contribution in [0.2, 0.25) is 0 Å². The number of carbonyl (C=O) groups excluding carboxylic acids is 1. The van der Waals surface area contributed by atoms with Gasteiger partial charge in [0, 0.05) is 46.1 Å². The highest BCUT2D eigenvalue weighted by Crippen LogP contribution is 2.08. The van der Waals surface area contributed by atoms with E-state index in [-0.39, 0.29) is 5.91 Å². The molecule has 0 spiro atoms. The maximum Gasteiger partial charge on any atom is 0.227 e. The molecule has 0 radical (unpaired) electrons. The first-order valence-corrected chi connectivity index (χ1v) is 8.04. The van der Waals surface area contributed by atoms with Crippen molar-refractivity contribution < 1.29 is 9.21 Å². The smallest absolute Gasteiger partial charge is 0.227 e. The summed E-state index contributed by atoms with van der Waals surface area (Å²) < 4.78 is 5.39. The molecule has 0 unspecified atom stereocenters. The van der Waals surface area contributed by atoms with Gasteiger partial charge in [0.25, 0.3) is 0 Å². The monoisotopic (exact) mass is 314 g/mol. The normalized spacial score (nSPS) is 15.8. The molecule has 1 aliphatic heterocycles. The van der Waals surface area contributed by atoms with Crippen molar-refractivity contribution in [2.45, 2.75) is 19.8 Å². The van der Waals surface area contributed by atoms with Crippen molar-refractivity contribution in [2.24, 2.45) is 0 Å². The molecule has 2 heterocycles. The van der Waals surface area contributed by atoms with Crippen LogP contribution in [0.5, 0.6) is 0 Å². The molecule has 2 aromatic rings. The summed E-state index contributed by atoms with van der Waals surface area (Å²) in [7, 11) is 0. The van der Waals surface area contributed by atoms with Crippen molar-refractivity contribution in [1.29, 1.82) is 0 Å². The van der Waals surface area contributed by atoms with Crippen LogP contribution in [0.1, 0.15) is 17.3 Å². The lowest BCUT2D eigenvalue weighted by atomic mass is 10.1. The maximum atomic E-state index is 12.3. The molecule has 1 fully saturated rings. The predicted molar refractivity (Wildman–Crippen MR) is 85.9 cm³/mol. The average molecular weight is 314 g/mol. The van der Waals surface area contributed by atoms with Crippen LogP contribution in [0.4, 0.5) is 0 Å². The van der Waals surface area contributed by atoms with Gasteiger partial charge in [-0.2, -0.15) is 0 Å². The Bertz CT molecular complexity index is 633. The Morgan fingerprint density at radius 3 is 2.52 bits per heavy atom.